The van der Waals surface area contributed by atoms with Gasteiger partial charge in [-0.15, -0.1) is 11.3 Å². The molecule has 0 fully saturated rings. The standard InChI is InChI=1S/C13H16N2O3S/c1-2-5-15(9-13(16)17)8-10-7-11(18-14-10)12-4-3-6-19-12/h3-4,6-7H,2,5,8-9H2,1H3,(H,16,17). The molecule has 102 valence electrons. The summed E-state index contributed by atoms with van der Waals surface area (Å²) in [6, 6.07) is 5.79. The summed E-state index contributed by atoms with van der Waals surface area (Å²) in [7, 11) is 0. The zero-order chi connectivity index (χ0) is 13.7. The van der Waals surface area contributed by atoms with Crippen LogP contribution in [0.4, 0.5) is 0 Å². The summed E-state index contributed by atoms with van der Waals surface area (Å²) in [6.07, 6.45) is 0.906. The first-order valence-corrected chi connectivity index (χ1v) is 7.00. The van der Waals surface area contributed by atoms with E-state index in [4.69, 9.17) is 9.63 Å². The molecule has 0 spiro atoms. The molecular weight excluding hydrogens is 264 g/mol. The van der Waals surface area contributed by atoms with E-state index in [1.165, 1.54) is 0 Å². The number of carbonyl (C=O) groups is 1. The Morgan fingerprint density at radius 2 is 2.42 bits per heavy atom. The van der Waals surface area contributed by atoms with Crippen LogP contribution in [0, 0.1) is 0 Å². The van der Waals surface area contributed by atoms with Crippen molar-refractivity contribution in [2.24, 2.45) is 0 Å². The highest BCUT2D eigenvalue weighted by atomic mass is 32.1. The fourth-order valence-electron chi connectivity index (χ4n) is 1.87. The molecule has 0 saturated heterocycles. The Labute approximate surface area is 115 Å². The molecule has 0 aliphatic heterocycles. The molecule has 2 rings (SSSR count). The van der Waals surface area contributed by atoms with Gasteiger partial charge in [-0.3, -0.25) is 9.69 Å². The maximum absolute atomic E-state index is 10.8. The lowest BCUT2D eigenvalue weighted by Crippen LogP contribution is -2.30. The van der Waals surface area contributed by atoms with Crippen molar-refractivity contribution in [2.45, 2.75) is 19.9 Å². The van der Waals surface area contributed by atoms with Crippen LogP contribution in [-0.2, 0) is 11.3 Å². The first kappa shape index (κ1) is 13.8. The van der Waals surface area contributed by atoms with Crippen LogP contribution in [0.2, 0.25) is 0 Å². The van der Waals surface area contributed by atoms with Crippen molar-refractivity contribution in [3.63, 3.8) is 0 Å². The number of aliphatic carboxylic acids is 1. The number of nitrogens with zero attached hydrogens (tertiary/aromatic N) is 2. The quantitative estimate of drug-likeness (QED) is 0.844. The zero-order valence-electron chi connectivity index (χ0n) is 10.7. The SMILES string of the molecule is CCCN(CC(=O)O)Cc1cc(-c2cccs2)on1. The highest BCUT2D eigenvalue weighted by molar-refractivity contribution is 7.13. The predicted octanol–water partition coefficient (Wildman–Crippen LogP) is 2.70. The van der Waals surface area contributed by atoms with Crippen molar-refractivity contribution < 1.29 is 14.4 Å². The lowest BCUT2D eigenvalue weighted by Gasteiger charge is -2.17. The van der Waals surface area contributed by atoms with E-state index in [9.17, 15) is 4.79 Å². The normalized spacial score (nSPS) is 11.1. The van der Waals surface area contributed by atoms with Gasteiger partial charge in [0.1, 0.15) is 0 Å². The molecular formula is C13H16N2O3S. The van der Waals surface area contributed by atoms with Crippen molar-refractivity contribution >= 4 is 17.3 Å². The molecule has 0 saturated carbocycles. The van der Waals surface area contributed by atoms with Gasteiger partial charge in [0.05, 0.1) is 17.1 Å². The van der Waals surface area contributed by atoms with Gasteiger partial charge in [0, 0.05) is 12.6 Å². The summed E-state index contributed by atoms with van der Waals surface area (Å²) in [5.41, 5.74) is 0.762. The minimum atomic E-state index is -0.824. The fourth-order valence-corrected chi connectivity index (χ4v) is 2.55. The maximum atomic E-state index is 10.8. The van der Waals surface area contributed by atoms with E-state index in [2.05, 4.69) is 5.16 Å². The largest absolute Gasteiger partial charge is 0.480 e. The van der Waals surface area contributed by atoms with E-state index < -0.39 is 5.97 Å². The average molecular weight is 280 g/mol. The van der Waals surface area contributed by atoms with Gasteiger partial charge in [-0.1, -0.05) is 18.1 Å². The Hall–Kier alpha value is -1.66. The molecule has 0 aliphatic rings. The number of rotatable bonds is 7. The van der Waals surface area contributed by atoms with Crippen LogP contribution < -0.4 is 0 Å². The predicted molar refractivity (Wildman–Crippen MR) is 73.0 cm³/mol. The molecule has 2 aromatic heterocycles. The van der Waals surface area contributed by atoms with Gasteiger partial charge in [0.25, 0.3) is 0 Å². The number of hydrogen-bond acceptors (Lipinski definition) is 5. The molecule has 0 bridgehead atoms. The first-order chi connectivity index (χ1) is 9.19. The van der Waals surface area contributed by atoms with Crippen molar-refractivity contribution in [3.8, 4) is 10.6 Å². The van der Waals surface area contributed by atoms with E-state index in [-0.39, 0.29) is 6.54 Å². The highest BCUT2D eigenvalue weighted by Gasteiger charge is 2.13. The molecule has 0 atom stereocenters. The molecule has 5 nitrogen and oxygen atoms in total. The lowest BCUT2D eigenvalue weighted by molar-refractivity contribution is -0.138. The Bertz CT molecular complexity index is 522. The number of carboxylic acid groups (broad SMARTS) is 1. The summed E-state index contributed by atoms with van der Waals surface area (Å²) < 4.78 is 5.28. The minimum absolute atomic E-state index is 0.0229. The molecule has 2 aromatic rings. The number of hydrogen-bond donors (Lipinski definition) is 1. The molecule has 1 N–H and O–H groups in total. The van der Waals surface area contributed by atoms with Gasteiger partial charge in [-0.2, -0.15) is 0 Å². The second-order valence-electron chi connectivity index (χ2n) is 4.26. The molecule has 0 amide bonds. The number of aromatic nitrogens is 1. The van der Waals surface area contributed by atoms with Crippen LogP contribution >= 0.6 is 11.3 Å². The summed E-state index contributed by atoms with van der Waals surface area (Å²) >= 11 is 1.59. The fraction of sp³-hybridized carbons (Fsp3) is 0.385. The van der Waals surface area contributed by atoms with Crippen LogP contribution in [0.1, 0.15) is 19.0 Å². The smallest absolute Gasteiger partial charge is 0.317 e. The third kappa shape index (κ3) is 3.90. The Kier molecular flexibility index (Phi) is 4.70. The number of carboxylic acids is 1. The average Bonchev–Trinajstić information content (AvgIpc) is 2.97. The summed E-state index contributed by atoms with van der Waals surface area (Å²) in [6.45, 7) is 3.27. The van der Waals surface area contributed by atoms with Gasteiger partial charge >= 0.3 is 5.97 Å². The van der Waals surface area contributed by atoms with Crippen LogP contribution in [0.25, 0.3) is 10.6 Å². The van der Waals surface area contributed by atoms with Crippen LogP contribution in [0.15, 0.2) is 28.1 Å². The second kappa shape index (κ2) is 6.49. The third-order valence-corrected chi connectivity index (χ3v) is 3.49. The third-order valence-electron chi connectivity index (χ3n) is 2.61. The van der Waals surface area contributed by atoms with Crippen LogP contribution in [-0.4, -0.2) is 34.2 Å². The van der Waals surface area contributed by atoms with Gasteiger partial charge < -0.3 is 9.63 Å². The second-order valence-corrected chi connectivity index (χ2v) is 5.21. The van der Waals surface area contributed by atoms with Gasteiger partial charge in [0.2, 0.25) is 0 Å². The Morgan fingerprint density at radius 3 is 3.05 bits per heavy atom. The van der Waals surface area contributed by atoms with Crippen molar-refractivity contribution in [1.82, 2.24) is 10.1 Å². The van der Waals surface area contributed by atoms with E-state index in [0.717, 1.165) is 29.3 Å². The van der Waals surface area contributed by atoms with E-state index in [0.29, 0.717) is 6.54 Å². The van der Waals surface area contributed by atoms with Crippen molar-refractivity contribution in [2.75, 3.05) is 13.1 Å². The number of thiophene rings is 1. The van der Waals surface area contributed by atoms with Crippen molar-refractivity contribution in [1.29, 1.82) is 0 Å². The van der Waals surface area contributed by atoms with E-state index >= 15 is 0 Å². The highest BCUT2D eigenvalue weighted by Crippen LogP contribution is 2.25. The zero-order valence-corrected chi connectivity index (χ0v) is 11.5. The van der Waals surface area contributed by atoms with Gasteiger partial charge in [-0.05, 0) is 24.4 Å². The maximum Gasteiger partial charge on any atom is 0.317 e. The topological polar surface area (TPSA) is 66.6 Å². The molecule has 2 heterocycles. The van der Waals surface area contributed by atoms with E-state index in [1.807, 2.05) is 35.4 Å². The monoisotopic (exact) mass is 280 g/mol. The Morgan fingerprint density at radius 1 is 1.58 bits per heavy atom. The molecule has 19 heavy (non-hydrogen) atoms. The molecule has 0 aromatic carbocycles. The minimum Gasteiger partial charge on any atom is -0.480 e. The molecule has 0 aliphatic carbocycles. The first-order valence-electron chi connectivity index (χ1n) is 6.12. The summed E-state index contributed by atoms with van der Waals surface area (Å²) in [5.74, 6) is -0.0906. The lowest BCUT2D eigenvalue weighted by atomic mass is 10.3. The molecule has 0 unspecified atom stereocenters. The van der Waals surface area contributed by atoms with Crippen LogP contribution in [0.5, 0.6) is 0 Å². The summed E-state index contributed by atoms with van der Waals surface area (Å²) in [5, 5.41) is 14.8. The summed E-state index contributed by atoms with van der Waals surface area (Å²) in [4.78, 5) is 13.7. The van der Waals surface area contributed by atoms with Crippen molar-refractivity contribution in [3.05, 3.63) is 29.3 Å². The van der Waals surface area contributed by atoms with Gasteiger partial charge in [-0.25, -0.2) is 0 Å². The molecule has 6 heteroatoms. The molecule has 0 radical (unpaired) electrons. The van der Waals surface area contributed by atoms with Crippen LogP contribution in [0.3, 0.4) is 0 Å². The van der Waals surface area contributed by atoms with E-state index in [1.54, 1.807) is 11.3 Å². The Balaban J connectivity index is 2.03. The van der Waals surface area contributed by atoms with Gasteiger partial charge in [0.15, 0.2) is 5.76 Å².